The molecule has 9 nitrogen and oxygen atoms in total. The Morgan fingerprint density at radius 1 is 0.608 bits per heavy atom. The van der Waals surface area contributed by atoms with Crippen LogP contribution in [0.15, 0.2) is 36.5 Å². The van der Waals surface area contributed by atoms with Crippen LogP contribution in [0, 0.1) is 0 Å². The van der Waals surface area contributed by atoms with E-state index in [0.717, 1.165) is 57.8 Å². The molecule has 0 aliphatic carbocycles. The van der Waals surface area contributed by atoms with Crippen molar-refractivity contribution in [3.63, 3.8) is 0 Å². The van der Waals surface area contributed by atoms with Gasteiger partial charge in [-0.05, 0) is 51.4 Å². The van der Waals surface area contributed by atoms with Gasteiger partial charge in [0.05, 0.1) is 27.7 Å². The molecule has 0 rings (SSSR count). The highest BCUT2D eigenvalue weighted by Gasteiger charge is 2.27. The smallest absolute Gasteiger partial charge is 0.462 e. The second-order valence-electron chi connectivity index (χ2n) is 14.7. The van der Waals surface area contributed by atoms with Gasteiger partial charge in [-0.2, -0.15) is 0 Å². The van der Waals surface area contributed by atoms with Crippen LogP contribution in [0.2, 0.25) is 0 Å². The van der Waals surface area contributed by atoms with Crippen LogP contribution in [0.5, 0.6) is 0 Å². The topological polar surface area (TPSA) is 108 Å². The minimum atomic E-state index is -4.37. The molecule has 10 heteroatoms. The number of allylic oxidation sites excluding steroid dienone is 6. The van der Waals surface area contributed by atoms with E-state index in [2.05, 4.69) is 50.3 Å². The first kappa shape index (κ1) is 49.2. The number of unbranched alkanes of at least 4 members (excludes halogenated alkanes) is 16. The molecular weight excluding hydrogens is 665 g/mol. The normalized spacial score (nSPS) is 14.1. The summed E-state index contributed by atoms with van der Waals surface area (Å²) in [5.74, 6) is -0.826. The number of ether oxygens (including phenoxy) is 2. The van der Waals surface area contributed by atoms with Crippen LogP contribution in [0.25, 0.3) is 0 Å². The molecule has 51 heavy (non-hydrogen) atoms. The largest absolute Gasteiger partial charge is 0.472 e. The molecule has 0 spiro atoms. The number of hydrogen-bond donors (Lipinski definition) is 1. The molecule has 298 valence electrons. The van der Waals surface area contributed by atoms with E-state index in [0.29, 0.717) is 17.4 Å². The number of phosphoric acid groups is 1. The molecule has 0 saturated carbocycles. The van der Waals surface area contributed by atoms with E-state index >= 15 is 0 Å². The van der Waals surface area contributed by atoms with Gasteiger partial charge in [0.1, 0.15) is 19.8 Å². The monoisotopic (exact) mass is 743 g/mol. The van der Waals surface area contributed by atoms with E-state index in [4.69, 9.17) is 18.5 Å². The summed E-state index contributed by atoms with van der Waals surface area (Å²) in [4.78, 5) is 35.2. The van der Waals surface area contributed by atoms with E-state index in [1.54, 1.807) is 0 Å². The second kappa shape index (κ2) is 34.0. The molecule has 0 aliphatic rings. The number of carbonyl (C=O) groups is 2. The summed E-state index contributed by atoms with van der Waals surface area (Å²) < 4.78 is 34.1. The highest BCUT2D eigenvalue weighted by atomic mass is 31.2. The lowest BCUT2D eigenvalue weighted by Gasteiger charge is -2.24. The molecule has 0 bridgehead atoms. The van der Waals surface area contributed by atoms with E-state index in [1.165, 1.54) is 70.6 Å². The fourth-order valence-corrected chi connectivity index (χ4v) is 5.94. The number of likely N-dealkylation sites (N-methyl/N-ethyl adjacent to an activating group) is 1. The molecule has 0 aromatic rings. The molecule has 1 unspecified atom stereocenters. The standard InChI is InChI=1S/C41H76NO8P/c1-6-8-10-12-14-16-18-19-20-21-22-23-24-26-28-30-32-34-41(44)50-39(38-49-51(45,46)48-36-35-42(3,4)5)37-47-40(43)33-31-29-27-25-17-15-13-11-9-7-2/h14,16,19-20,22-23,39H,6-13,15,17-18,21,24-38H2,1-5H3/p+1/b16-14+,20-19+,23-22+/t39-/m1/s1. The Morgan fingerprint density at radius 3 is 1.61 bits per heavy atom. The summed E-state index contributed by atoms with van der Waals surface area (Å²) in [6, 6.07) is 0. The summed E-state index contributed by atoms with van der Waals surface area (Å²) in [5, 5.41) is 0. The Bertz CT molecular complexity index is 975. The molecule has 0 aromatic carbocycles. The Hall–Kier alpha value is -1.77. The van der Waals surface area contributed by atoms with Crippen LogP contribution in [0.3, 0.4) is 0 Å². The van der Waals surface area contributed by atoms with Crippen molar-refractivity contribution < 1.29 is 42.1 Å². The first-order chi connectivity index (χ1) is 24.5. The fraction of sp³-hybridized carbons (Fsp3) is 0.805. The molecule has 0 fully saturated rings. The van der Waals surface area contributed by atoms with E-state index in [9.17, 15) is 19.0 Å². The third kappa shape index (κ3) is 37.8. The average Bonchev–Trinajstić information content (AvgIpc) is 3.07. The maximum atomic E-state index is 12.6. The van der Waals surface area contributed by atoms with Gasteiger partial charge in [0.2, 0.25) is 0 Å². The number of hydrogen-bond acceptors (Lipinski definition) is 7. The van der Waals surface area contributed by atoms with Gasteiger partial charge < -0.3 is 18.9 Å². The number of quaternary nitrogens is 1. The summed E-state index contributed by atoms with van der Waals surface area (Å²) >= 11 is 0. The fourth-order valence-electron chi connectivity index (χ4n) is 5.20. The van der Waals surface area contributed by atoms with Gasteiger partial charge in [0.15, 0.2) is 6.10 Å². The van der Waals surface area contributed by atoms with Crippen molar-refractivity contribution in [3.05, 3.63) is 36.5 Å². The van der Waals surface area contributed by atoms with Crippen LogP contribution in [-0.4, -0.2) is 74.9 Å². The SMILES string of the molecule is CCCCC/C=C/C/C=C/C/C=C/CCCCCCC(=O)O[C@H](COC(=O)CCCCCCCCCCCC)COP(=O)(O)OCC[N+](C)(C)C. The molecule has 0 amide bonds. The molecular formula is C41H77NO8P+. The molecule has 0 heterocycles. The predicted octanol–water partition coefficient (Wildman–Crippen LogP) is 11.0. The van der Waals surface area contributed by atoms with E-state index in [-0.39, 0.29) is 32.0 Å². The second-order valence-corrected chi connectivity index (χ2v) is 16.1. The van der Waals surface area contributed by atoms with Gasteiger partial charge in [-0.1, -0.05) is 134 Å². The molecule has 0 saturated heterocycles. The third-order valence-corrected chi connectivity index (χ3v) is 9.41. The molecule has 0 aliphatic heterocycles. The lowest BCUT2D eigenvalue weighted by molar-refractivity contribution is -0.870. The Kier molecular flexibility index (Phi) is 32.8. The van der Waals surface area contributed by atoms with E-state index < -0.39 is 26.5 Å². The van der Waals surface area contributed by atoms with Gasteiger partial charge in [0.25, 0.3) is 0 Å². The van der Waals surface area contributed by atoms with Crippen molar-refractivity contribution in [1.29, 1.82) is 0 Å². The van der Waals surface area contributed by atoms with Crippen LogP contribution >= 0.6 is 7.82 Å². The van der Waals surface area contributed by atoms with Crippen LogP contribution in [0.4, 0.5) is 0 Å². The average molecular weight is 743 g/mol. The maximum absolute atomic E-state index is 12.6. The van der Waals surface area contributed by atoms with Crippen molar-refractivity contribution >= 4 is 19.8 Å². The zero-order valence-corrected chi connectivity index (χ0v) is 34.2. The van der Waals surface area contributed by atoms with E-state index in [1.807, 2.05) is 21.1 Å². The molecule has 1 N–H and O–H groups in total. The Balaban J connectivity index is 4.44. The first-order valence-corrected chi connectivity index (χ1v) is 21.7. The van der Waals surface area contributed by atoms with Crippen molar-refractivity contribution in [3.8, 4) is 0 Å². The lowest BCUT2D eigenvalue weighted by Crippen LogP contribution is -2.37. The quantitative estimate of drug-likeness (QED) is 0.0222. The molecule has 0 aromatic heterocycles. The molecule has 0 radical (unpaired) electrons. The van der Waals surface area contributed by atoms with Gasteiger partial charge in [0, 0.05) is 12.8 Å². The summed E-state index contributed by atoms with van der Waals surface area (Å²) in [5.41, 5.74) is 0. The number of esters is 2. The number of nitrogens with zero attached hydrogens (tertiary/aromatic N) is 1. The van der Waals surface area contributed by atoms with Gasteiger partial charge in [-0.25, -0.2) is 4.57 Å². The van der Waals surface area contributed by atoms with Crippen LogP contribution in [0.1, 0.15) is 162 Å². The minimum Gasteiger partial charge on any atom is -0.462 e. The highest BCUT2D eigenvalue weighted by molar-refractivity contribution is 7.47. The van der Waals surface area contributed by atoms with Gasteiger partial charge >= 0.3 is 19.8 Å². The first-order valence-electron chi connectivity index (χ1n) is 20.2. The Morgan fingerprint density at radius 2 is 1.06 bits per heavy atom. The number of rotatable bonds is 36. The van der Waals surface area contributed by atoms with Crippen molar-refractivity contribution in [1.82, 2.24) is 0 Å². The lowest BCUT2D eigenvalue weighted by atomic mass is 10.1. The molecule has 2 atom stereocenters. The summed E-state index contributed by atoms with van der Waals surface area (Å²) in [6.45, 7) is 4.34. The number of phosphoric ester groups is 1. The van der Waals surface area contributed by atoms with Gasteiger partial charge in [-0.15, -0.1) is 0 Å². The minimum absolute atomic E-state index is 0.0273. The summed E-state index contributed by atoms with van der Waals surface area (Å²) in [7, 11) is 1.46. The van der Waals surface area contributed by atoms with Crippen molar-refractivity contribution in [2.24, 2.45) is 0 Å². The highest BCUT2D eigenvalue weighted by Crippen LogP contribution is 2.43. The van der Waals surface area contributed by atoms with Gasteiger partial charge in [-0.3, -0.25) is 18.6 Å². The summed E-state index contributed by atoms with van der Waals surface area (Å²) in [6.07, 6.45) is 36.2. The van der Waals surface area contributed by atoms with Crippen LogP contribution in [-0.2, 0) is 32.7 Å². The zero-order chi connectivity index (χ0) is 37.9. The maximum Gasteiger partial charge on any atom is 0.472 e. The third-order valence-electron chi connectivity index (χ3n) is 8.42. The van der Waals surface area contributed by atoms with Crippen molar-refractivity contribution in [2.45, 2.75) is 168 Å². The van der Waals surface area contributed by atoms with Crippen molar-refractivity contribution in [2.75, 3.05) is 47.5 Å². The zero-order valence-electron chi connectivity index (χ0n) is 33.3. The Labute approximate surface area is 312 Å². The van der Waals surface area contributed by atoms with Crippen LogP contribution < -0.4 is 0 Å². The number of carbonyl (C=O) groups excluding carboxylic acids is 2. The predicted molar refractivity (Wildman–Crippen MR) is 210 cm³/mol.